The van der Waals surface area contributed by atoms with Gasteiger partial charge in [-0.15, -0.1) is 0 Å². The van der Waals surface area contributed by atoms with Crippen molar-refractivity contribution in [3.05, 3.63) is 41.2 Å². The highest BCUT2D eigenvalue weighted by molar-refractivity contribution is 5.80. The van der Waals surface area contributed by atoms with Crippen molar-refractivity contribution in [3.8, 4) is 0 Å². The van der Waals surface area contributed by atoms with Crippen molar-refractivity contribution in [2.45, 2.75) is 53.1 Å². The number of nitrogens with zero attached hydrogens (tertiary/aromatic N) is 2. The number of rotatable bonds is 7. The first-order valence-corrected chi connectivity index (χ1v) is 8.09. The van der Waals surface area contributed by atoms with E-state index in [9.17, 15) is 0 Å². The lowest BCUT2D eigenvalue weighted by Gasteiger charge is -2.16. The Morgan fingerprint density at radius 2 is 2.22 bits per heavy atom. The fourth-order valence-corrected chi connectivity index (χ4v) is 2.13. The monoisotopic (exact) mass is 318 g/mol. The summed E-state index contributed by atoms with van der Waals surface area (Å²) in [6.45, 7) is 9.45. The molecule has 1 unspecified atom stereocenters. The summed E-state index contributed by atoms with van der Waals surface area (Å²) in [6, 6.07) is 4.23. The summed E-state index contributed by atoms with van der Waals surface area (Å²) in [5, 5.41) is 10.7. The van der Waals surface area contributed by atoms with E-state index in [0.29, 0.717) is 12.6 Å². The van der Waals surface area contributed by atoms with Crippen LogP contribution in [0.25, 0.3) is 0 Å². The maximum atomic E-state index is 5.35. The minimum absolute atomic E-state index is 0.356. The zero-order valence-corrected chi connectivity index (χ0v) is 14.3. The van der Waals surface area contributed by atoms with Crippen molar-refractivity contribution >= 4 is 5.96 Å². The summed E-state index contributed by atoms with van der Waals surface area (Å²) >= 11 is 0. The largest absolute Gasteiger partial charge is 0.469 e. The molecule has 6 nitrogen and oxygen atoms in total. The van der Waals surface area contributed by atoms with Crippen molar-refractivity contribution in [3.63, 3.8) is 0 Å². The first-order chi connectivity index (χ1) is 11.1. The molecule has 0 aliphatic heterocycles. The SMILES string of the molecule is CCC(C)NC(=NCc1c(C)noc1C)NCCc1ccco1. The summed E-state index contributed by atoms with van der Waals surface area (Å²) in [7, 11) is 0. The van der Waals surface area contributed by atoms with Gasteiger partial charge in [0.2, 0.25) is 0 Å². The van der Waals surface area contributed by atoms with Gasteiger partial charge in [0, 0.05) is 24.6 Å². The third kappa shape index (κ3) is 5.16. The highest BCUT2D eigenvalue weighted by Crippen LogP contribution is 2.13. The molecule has 0 radical (unpaired) electrons. The predicted octanol–water partition coefficient (Wildman–Crippen LogP) is 2.96. The van der Waals surface area contributed by atoms with E-state index in [1.165, 1.54) is 0 Å². The molecule has 23 heavy (non-hydrogen) atoms. The maximum absolute atomic E-state index is 5.35. The summed E-state index contributed by atoms with van der Waals surface area (Å²) in [4.78, 5) is 4.66. The van der Waals surface area contributed by atoms with Gasteiger partial charge in [0.05, 0.1) is 18.5 Å². The number of hydrogen-bond donors (Lipinski definition) is 2. The normalized spacial score (nSPS) is 13.1. The number of aromatic nitrogens is 1. The molecule has 2 N–H and O–H groups in total. The van der Waals surface area contributed by atoms with Crippen LogP contribution in [0, 0.1) is 13.8 Å². The molecule has 0 aromatic carbocycles. The number of aryl methyl sites for hydroxylation is 2. The number of guanidine groups is 1. The summed E-state index contributed by atoms with van der Waals surface area (Å²) in [5.41, 5.74) is 1.94. The molecule has 126 valence electrons. The van der Waals surface area contributed by atoms with Gasteiger partial charge in [-0.25, -0.2) is 4.99 Å². The molecule has 6 heteroatoms. The van der Waals surface area contributed by atoms with Gasteiger partial charge in [0.1, 0.15) is 11.5 Å². The van der Waals surface area contributed by atoms with E-state index in [4.69, 9.17) is 8.94 Å². The van der Waals surface area contributed by atoms with Crippen LogP contribution in [0.2, 0.25) is 0 Å². The van der Waals surface area contributed by atoms with Gasteiger partial charge in [-0.1, -0.05) is 12.1 Å². The molecule has 0 aliphatic rings. The highest BCUT2D eigenvalue weighted by atomic mass is 16.5. The van der Waals surface area contributed by atoms with Gasteiger partial charge in [0.25, 0.3) is 0 Å². The molecule has 0 amide bonds. The second-order valence-electron chi connectivity index (χ2n) is 5.68. The van der Waals surface area contributed by atoms with Crippen LogP contribution in [0.1, 0.15) is 43.0 Å². The molecule has 0 aliphatic carbocycles. The first kappa shape index (κ1) is 17.1. The van der Waals surface area contributed by atoms with Gasteiger partial charge >= 0.3 is 0 Å². The average molecular weight is 318 g/mol. The predicted molar refractivity (Wildman–Crippen MR) is 90.4 cm³/mol. The van der Waals surface area contributed by atoms with Crippen LogP contribution in [0.15, 0.2) is 32.3 Å². The van der Waals surface area contributed by atoms with Gasteiger partial charge < -0.3 is 19.6 Å². The van der Waals surface area contributed by atoms with Crippen LogP contribution >= 0.6 is 0 Å². The van der Waals surface area contributed by atoms with E-state index >= 15 is 0 Å². The first-order valence-electron chi connectivity index (χ1n) is 8.09. The second kappa shape index (κ2) is 8.41. The summed E-state index contributed by atoms with van der Waals surface area (Å²) in [5.74, 6) is 2.58. The molecular formula is C17H26N4O2. The maximum Gasteiger partial charge on any atom is 0.191 e. The summed E-state index contributed by atoms with van der Waals surface area (Å²) in [6.07, 6.45) is 3.54. The fourth-order valence-electron chi connectivity index (χ4n) is 2.13. The van der Waals surface area contributed by atoms with E-state index in [-0.39, 0.29) is 0 Å². The Balaban J connectivity index is 1.96. The number of furan rings is 1. The Hall–Kier alpha value is -2.24. The van der Waals surface area contributed by atoms with E-state index in [2.05, 4.69) is 34.6 Å². The lowest BCUT2D eigenvalue weighted by atomic mass is 10.2. The minimum Gasteiger partial charge on any atom is -0.469 e. The Kier molecular flexibility index (Phi) is 6.26. The van der Waals surface area contributed by atoms with E-state index in [1.807, 2.05) is 26.0 Å². The van der Waals surface area contributed by atoms with Crippen molar-refractivity contribution in [2.75, 3.05) is 6.54 Å². The minimum atomic E-state index is 0.356. The number of hydrogen-bond acceptors (Lipinski definition) is 4. The van der Waals surface area contributed by atoms with E-state index < -0.39 is 0 Å². The lowest BCUT2D eigenvalue weighted by molar-refractivity contribution is 0.392. The number of nitrogens with one attached hydrogen (secondary N) is 2. The zero-order chi connectivity index (χ0) is 16.7. The zero-order valence-electron chi connectivity index (χ0n) is 14.3. The van der Waals surface area contributed by atoms with Gasteiger partial charge in [-0.05, 0) is 39.3 Å². The number of aliphatic imine (C=N–C) groups is 1. The molecule has 2 heterocycles. The Labute approximate surface area is 137 Å². The van der Waals surface area contributed by atoms with Gasteiger partial charge in [-0.3, -0.25) is 0 Å². The molecule has 2 aromatic rings. The quantitative estimate of drug-likeness (QED) is 0.606. The Morgan fingerprint density at radius 1 is 1.39 bits per heavy atom. The Bertz CT molecular complexity index is 597. The van der Waals surface area contributed by atoms with Crippen molar-refractivity contribution in [2.24, 2.45) is 4.99 Å². The fraction of sp³-hybridized carbons (Fsp3) is 0.529. The van der Waals surface area contributed by atoms with E-state index in [0.717, 1.165) is 48.1 Å². The van der Waals surface area contributed by atoms with Gasteiger partial charge in [-0.2, -0.15) is 0 Å². The molecule has 0 saturated heterocycles. The highest BCUT2D eigenvalue weighted by Gasteiger charge is 2.09. The molecule has 1 atom stereocenters. The molecule has 2 rings (SSSR count). The Morgan fingerprint density at radius 3 is 2.83 bits per heavy atom. The third-order valence-corrected chi connectivity index (χ3v) is 3.82. The van der Waals surface area contributed by atoms with E-state index in [1.54, 1.807) is 6.26 Å². The molecule has 0 saturated carbocycles. The van der Waals surface area contributed by atoms with Crippen LogP contribution in [-0.2, 0) is 13.0 Å². The summed E-state index contributed by atoms with van der Waals surface area (Å²) < 4.78 is 10.5. The van der Waals surface area contributed by atoms with Crippen LogP contribution < -0.4 is 10.6 Å². The molecule has 2 aromatic heterocycles. The standard InChI is InChI=1S/C17H26N4O2/c1-5-12(2)20-17(18-9-8-15-7-6-10-22-15)19-11-16-13(3)21-23-14(16)4/h6-7,10,12H,5,8-9,11H2,1-4H3,(H2,18,19,20). The van der Waals surface area contributed by atoms with Gasteiger partial charge in [0.15, 0.2) is 5.96 Å². The molecule has 0 bridgehead atoms. The lowest BCUT2D eigenvalue weighted by Crippen LogP contribution is -2.42. The van der Waals surface area contributed by atoms with Crippen molar-refractivity contribution in [1.82, 2.24) is 15.8 Å². The van der Waals surface area contributed by atoms with Crippen LogP contribution in [0.5, 0.6) is 0 Å². The smallest absolute Gasteiger partial charge is 0.191 e. The van der Waals surface area contributed by atoms with Crippen LogP contribution in [0.4, 0.5) is 0 Å². The second-order valence-corrected chi connectivity index (χ2v) is 5.68. The molecule has 0 spiro atoms. The van der Waals surface area contributed by atoms with Crippen LogP contribution in [-0.4, -0.2) is 23.7 Å². The molecular weight excluding hydrogens is 292 g/mol. The topological polar surface area (TPSA) is 75.6 Å². The average Bonchev–Trinajstić information content (AvgIpc) is 3.15. The van der Waals surface area contributed by atoms with Crippen LogP contribution in [0.3, 0.4) is 0 Å². The van der Waals surface area contributed by atoms with Crippen molar-refractivity contribution < 1.29 is 8.94 Å². The molecule has 0 fully saturated rings. The van der Waals surface area contributed by atoms with Crippen molar-refractivity contribution in [1.29, 1.82) is 0 Å². The third-order valence-electron chi connectivity index (χ3n) is 3.82.